The van der Waals surface area contributed by atoms with Gasteiger partial charge in [-0.25, -0.2) is 4.79 Å². The number of allylic oxidation sites excluding steroid dienone is 1. The lowest BCUT2D eigenvalue weighted by Gasteiger charge is -2.48. The van der Waals surface area contributed by atoms with E-state index in [9.17, 15) is 4.79 Å². The second kappa shape index (κ2) is 5.33. The predicted octanol–water partition coefficient (Wildman–Crippen LogP) is 3.09. The molecule has 0 radical (unpaired) electrons. The molecule has 6 aliphatic rings. The van der Waals surface area contributed by atoms with E-state index in [1.807, 2.05) is 0 Å². The average Bonchev–Trinajstić information content (AvgIpc) is 3.38. The van der Waals surface area contributed by atoms with Crippen LogP contribution >= 0.6 is 0 Å². The van der Waals surface area contributed by atoms with Crippen molar-refractivity contribution in [2.75, 3.05) is 13.7 Å². The summed E-state index contributed by atoms with van der Waals surface area (Å²) in [5.74, 6) is 1.64. The first-order valence-electron chi connectivity index (χ1n) is 10.8. The standard InChI is InChI=1S/C22H29NO5/c1-5-6-8-21-14-7-9-23(21)13-10-15(21)27-22(14)16(13)11(2)18(28-22)19-17(25-4)12(3)20(24)26-19/h11,13-16H,5-10H2,1-4H3/b19-18-/t11-,13-,14+,15-,16+,21-,22-/m0/s1. The molecular weight excluding hydrogens is 358 g/mol. The molecule has 6 nitrogen and oxygen atoms in total. The molecule has 0 aromatic rings. The summed E-state index contributed by atoms with van der Waals surface area (Å²) in [6, 6.07) is 0.496. The van der Waals surface area contributed by atoms with Crippen LogP contribution in [-0.4, -0.2) is 48.0 Å². The number of piperidine rings is 1. The number of nitrogens with zero attached hydrogens (tertiary/aromatic N) is 1. The van der Waals surface area contributed by atoms with E-state index in [1.165, 1.54) is 19.3 Å². The number of unbranched alkanes of at least 4 members (excludes halogenated alkanes) is 1. The van der Waals surface area contributed by atoms with Crippen LogP contribution < -0.4 is 0 Å². The number of cyclic esters (lactones) is 1. The molecule has 28 heavy (non-hydrogen) atoms. The van der Waals surface area contributed by atoms with Crippen molar-refractivity contribution >= 4 is 5.97 Å². The zero-order valence-corrected chi connectivity index (χ0v) is 17.1. The normalized spacial score (nSPS) is 52.5. The molecule has 6 heterocycles. The van der Waals surface area contributed by atoms with Gasteiger partial charge in [-0.1, -0.05) is 26.7 Å². The lowest BCUT2D eigenvalue weighted by atomic mass is 9.69. The Bertz CT molecular complexity index is 833. The first kappa shape index (κ1) is 17.3. The highest BCUT2D eigenvalue weighted by Gasteiger charge is 2.84. The smallest absolute Gasteiger partial charge is 0.343 e. The molecule has 0 aliphatic carbocycles. The Balaban J connectivity index is 1.46. The molecule has 8 atom stereocenters. The summed E-state index contributed by atoms with van der Waals surface area (Å²) in [6.07, 6.45) is 6.15. The Labute approximate surface area is 165 Å². The molecule has 1 spiro atoms. The van der Waals surface area contributed by atoms with Gasteiger partial charge in [-0.15, -0.1) is 0 Å². The molecule has 0 N–H and O–H groups in total. The molecule has 0 amide bonds. The highest BCUT2D eigenvalue weighted by Crippen LogP contribution is 2.73. The second-order valence-electron chi connectivity index (χ2n) is 9.42. The molecule has 5 saturated heterocycles. The molecule has 6 rings (SSSR count). The number of methoxy groups -OCH3 is 1. The Morgan fingerprint density at radius 3 is 2.93 bits per heavy atom. The van der Waals surface area contributed by atoms with Crippen LogP contribution in [0.3, 0.4) is 0 Å². The maximum atomic E-state index is 12.2. The molecule has 5 bridgehead atoms. The van der Waals surface area contributed by atoms with Crippen molar-refractivity contribution < 1.29 is 23.7 Å². The van der Waals surface area contributed by atoms with Gasteiger partial charge in [0.05, 0.1) is 30.2 Å². The summed E-state index contributed by atoms with van der Waals surface area (Å²) in [4.78, 5) is 14.9. The number of rotatable bonds is 4. The first-order chi connectivity index (χ1) is 13.5. The van der Waals surface area contributed by atoms with Crippen LogP contribution in [0.2, 0.25) is 0 Å². The van der Waals surface area contributed by atoms with Crippen LogP contribution in [0, 0.1) is 17.8 Å². The van der Waals surface area contributed by atoms with E-state index < -0.39 is 5.79 Å². The molecule has 6 heteroatoms. The number of hydrogen-bond donors (Lipinski definition) is 0. The maximum Gasteiger partial charge on any atom is 0.343 e. The highest BCUT2D eigenvalue weighted by molar-refractivity contribution is 5.93. The fourth-order valence-corrected chi connectivity index (χ4v) is 7.64. The van der Waals surface area contributed by atoms with Crippen LogP contribution in [0.5, 0.6) is 0 Å². The van der Waals surface area contributed by atoms with E-state index in [2.05, 4.69) is 18.7 Å². The number of fused-ring (bicyclic) bond motifs is 1. The second-order valence-corrected chi connectivity index (χ2v) is 9.42. The molecule has 0 aromatic heterocycles. The summed E-state index contributed by atoms with van der Waals surface area (Å²) >= 11 is 0. The van der Waals surface area contributed by atoms with Crippen molar-refractivity contribution in [3.63, 3.8) is 0 Å². The quantitative estimate of drug-likeness (QED) is 0.691. The van der Waals surface area contributed by atoms with Gasteiger partial charge < -0.3 is 18.9 Å². The van der Waals surface area contributed by atoms with Gasteiger partial charge >= 0.3 is 5.97 Å². The Kier molecular flexibility index (Phi) is 3.30. The Morgan fingerprint density at radius 1 is 1.36 bits per heavy atom. The van der Waals surface area contributed by atoms with Gasteiger partial charge in [-0.3, -0.25) is 4.90 Å². The van der Waals surface area contributed by atoms with Gasteiger partial charge in [0.25, 0.3) is 0 Å². The lowest BCUT2D eigenvalue weighted by Crippen LogP contribution is -2.61. The van der Waals surface area contributed by atoms with Crippen molar-refractivity contribution in [3.8, 4) is 0 Å². The summed E-state index contributed by atoms with van der Waals surface area (Å²) in [5, 5.41) is 0. The fraction of sp³-hybridized carbons (Fsp3) is 0.773. The summed E-state index contributed by atoms with van der Waals surface area (Å²) in [7, 11) is 1.58. The molecule has 5 fully saturated rings. The van der Waals surface area contributed by atoms with Gasteiger partial charge in [0.2, 0.25) is 11.5 Å². The zero-order chi connectivity index (χ0) is 19.4. The number of ether oxygens (including phenoxy) is 4. The van der Waals surface area contributed by atoms with Crippen LogP contribution in [0.1, 0.15) is 52.9 Å². The largest absolute Gasteiger partial charge is 0.492 e. The number of esters is 1. The van der Waals surface area contributed by atoms with E-state index in [1.54, 1.807) is 14.0 Å². The summed E-state index contributed by atoms with van der Waals surface area (Å²) in [6.45, 7) is 7.37. The van der Waals surface area contributed by atoms with E-state index in [0.29, 0.717) is 29.1 Å². The van der Waals surface area contributed by atoms with E-state index >= 15 is 0 Å². The zero-order valence-electron chi connectivity index (χ0n) is 17.1. The van der Waals surface area contributed by atoms with Crippen molar-refractivity contribution in [2.24, 2.45) is 17.8 Å². The molecule has 0 saturated carbocycles. The number of carbonyl (C=O) groups excluding carboxylic acids is 1. The molecule has 6 aliphatic heterocycles. The summed E-state index contributed by atoms with van der Waals surface area (Å²) < 4.78 is 24.7. The molecule has 152 valence electrons. The van der Waals surface area contributed by atoms with Crippen molar-refractivity contribution in [3.05, 3.63) is 22.9 Å². The highest BCUT2D eigenvalue weighted by atomic mass is 16.7. The monoisotopic (exact) mass is 387 g/mol. The summed E-state index contributed by atoms with van der Waals surface area (Å²) in [5.41, 5.74) is 0.659. The third-order valence-corrected chi connectivity index (χ3v) is 8.53. The number of carbonyl (C=O) groups is 1. The number of hydrogen-bond acceptors (Lipinski definition) is 6. The van der Waals surface area contributed by atoms with Crippen LogP contribution in [0.25, 0.3) is 0 Å². The maximum absolute atomic E-state index is 12.2. The predicted molar refractivity (Wildman–Crippen MR) is 99.6 cm³/mol. The van der Waals surface area contributed by atoms with Gasteiger partial charge in [-0.05, 0) is 32.7 Å². The van der Waals surface area contributed by atoms with Crippen LogP contribution in [-0.2, 0) is 23.7 Å². The van der Waals surface area contributed by atoms with Crippen molar-refractivity contribution in [1.82, 2.24) is 4.90 Å². The van der Waals surface area contributed by atoms with Gasteiger partial charge in [-0.2, -0.15) is 0 Å². The van der Waals surface area contributed by atoms with Gasteiger partial charge in [0.1, 0.15) is 5.76 Å². The molecule has 0 aromatic carbocycles. The first-order valence-corrected chi connectivity index (χ1v) is 10.8. The minimum atomic E-state index is -0.558. The minimum absolute atomic E-state index is 0.134. The lowest BCUT2D eigenvalue weighted by molar-refractivity contribution is -0.256. The van der Waals surface area contributed by atoms with Crippen LogP contribution in [0.4, 0.5) is 0 Å². The molecule has 1 unspecified atom stereocenters. The Morgan fingerprint density at radius 2 is 2.18 bits per heavy atom. The third kappa shape index (κ3) is 1.65. The minimum Gasteiger partial charge on any atom is -0.492 e. The SMILES string of the molecule is CCCC[C@@]12[C@@H]3C[C@H]4[C@H]5[C@H](C)/C(=C6/OC(=O)C(C)=C6OC)O[C@@]5(O3)[C@@H]1CCN42. The van der Waals surface area contributed by atoms with E-state index in [-0.39, 0.29) is 29.4 Å². The van der Waals surface area contributed by atoms with Gasteiger partial charge in [0.15, 0.2) is 5.76 Å². The van der Waals surface area contributed by atoms with Crippen LogP contribution in [0.15, 0.2) is 22.9 Å². The van der Waals surface area contributed by atoms with E-state index in [0.717, 1.165) is 25.1 Å². The van der Waals surface area contributed by atoms with E-state index in [4.69, 9.17) is 18.9 Å². The van der Waals surface area contributed by atoms with Crippen molar-refractivity contribution in [2.45, 2.75) is 76.3 Å². The van der Waals surface area contributed by atoms with Crippen molar-refractivity contribution in [1.29, 1.82) is 0 Å². The fourth-order valence-electron chi connectivity index (χ4n) is 7.64. The Hall–Kier alpha value is -1.53. The third-order valence-electron chi connectivity index (χ3n) is 8.53. The topological polar surface area (TPSA) is 57.2 Å². The average molecular weight is 387 g/mol. The van der Waals surface area contributed by atoms with Gasteiger partial charge in [0, 0.05) is 17.9 Å². The molecular formula is C22H29NO5.